The van der Waals surface area contributed by atoms with Crippen molar-refractivity contribution in [1.82, 2.24) is 0 Å². The molecule has 0 spiro atoms. The van der Waals surface area contributed by atoms with Crippen molar-refractivity contribution in [2.75, 3.05) is 4.72 Å². The first kappa shape index (κ1) is 15.0. The standard InChI is InChI=1S/C14H12FNO4S/c15-12-8-4-7-11(14(17)18)13(12)16-21(19,20)9-10-5-2-1-3-6-10/h1-8,16H,9H2,(H,17,18). The molecule has 0 aliphatic rings. The number of aromatic carboxylic acids is 1. The van der Waals surface area contributed by atoms with Gasteiger partial charge in [0, 0.05) is 0 Å². The highest BCUT2D eigenvalue weighted by Gasteiger charge is 2.20. The van der Waals surface area contributed by atoms with Crippen molar-refractivity contribution in [1.29, 1.82) is 0 Å². The highest BCUT2D eigenvalue weighted by molar-refractivity contribution is 7.91. The average Bonchev–Trinajstić information content (AvgIpc) is 2.41. The molecule has 0 unspecified atom stereocenters. The molecule has 0 bridgehead atoms. The maximum atomic E-state index is 13.7. The lowest BCUT2D eigenvalue weighted by Crippen LogP contribution is -2.18. The van der Waals surface area contributed by atoms with Crippen LogP contribution in [0.1, 0.15) is 15.9 Å². The van der Waals surface area contributed by atoms with Crippen molar-refractivity contribution in [3.05, 3.63) is 65.5 Å². The van der Waals surface area contributed by atoms with Gasteiger partial charge in [0.1, 0.15) is 5.82 Å². The first-order chi connectivity index (χ1) is 9.89. The summed E-state index contributed by atoms with van der Waals surface area (Å²) in [6.45, 7) is 0. The van der Waals surface area contributed by atoms with Crippen molar-refractivity contribution in [2.24, 2.45) is 0 Å². The molecule has 2 N–H and O–H groups in total. The van der Waals surface area contributed by atoms with Crippen LogP contribution in [0.3, 0.4) is 0 Å². The molecule has 0 aromatic heterocycles. The van der Waals surface area contributed by atoms with E-state index in [-0.39, 0.29) is 5.75 Å². The van der Waals surface area contributed by atoms with Crippen molar-refractivity contribution in [3.63, 3.8) is 0 Å². The molecule has 5 nitrogen and oxygen atoms in total. The van der Waals surface area contributed by atoms with E-state index >= 15 is 0 Å². The molecule has 2 aromatic carbocycles. The largest absolute Gasteiger partial charge is 0.478 e. The minimum absolute atomic E-state index is 0.374. The van der Waals surface area contributed by atoms with Gasteiger partial charge in [0.15, 0.2) is 0 Å². The zero-order valence-corrected chi connectivity index (χ0v) is 11.6. The van der Waals surface area contributed by atoms with E-state index in [0.717, 1.165) is 12.1 Å². The van der Waals surface area contributed by atoms with Crippen LogP contribution in [-0.2, 0) is 15.8 Å². The molecule has 0 aliphatic heterocycles. The zero-order valence-electron chi connectivity index (χ0n) is 10.8. The average molecular weight is 309 g/mol. The van der Waals surface area contributed by atoms with E-state index in [2.05, 4.69) is 0 Å². The van der Waals surface area contributed by atoms with Crippen LogP contribution in [0.5, 0.6) is 0 Å². The van der Waals surface area contributed by atoms with Gasteiger partial charge in [0.25, 0.3) is 0 Å². The fourth-order valence-corrected chi connectivity index (χ4v) is 3.01. The van der Waals surface area contributed by atoms with Gasteiger partial charge in [-0.3, -0.25) is 4.72 Å². The molecular weight excluding hydrogens is 297 g/mol. The van der Waals surface area contributed by atoms with Gasteiger partial charge in [-0.25, -0.2) is 17.6 Å². The third-order valence-electron chi connectivity index (χ3n) is 2.70. The quantitative estimate of drug-likeness (QED) is 0.888. The smallest absolute Gasteiger partial charge is 0.337 e. The van der Waals surface area contributed by atoms with Gasteiger partial charge in [-0.2, -0.15) is 0 Å². The van der Waals surface area contributed by atoms with E-state index in [1.54, 1.807) is 30.3 Å². The number of sulfonamides is 1. The number of nitrogens with one attached hydrogen (secondary N) is 1. The fraction of sp³-hybridized carbons (Fsp3) is 0.0714. The van der Waals surface area contributed by atoms with Gasteiger partial charge in [-0.05, 0) is 17.7 Å². The number of rotatable bonds is 5. The molecular formula is C14H12FNO4S. The predicted molar refractivity (Wildman–Crippen MR) is 76.0 cm³/mol. The van der Waals surface area contributed by atoms with E-state index in [4.69, 9.17) is 5.11 Å². The van der Waals surface area contributed by atoms with Crippen molar-refractivity contribution in [3.8, 4) is 0 Å². The number of halogens is 1. The van der Waals surface area contributed by atoms with Crippen LogP contribution in [-0.4, -0.2) is 19.5 Å². The van der Waals surface area contributed by atoms with Crippen LogP contribution in [0.25, 0.3) is 0 Å². The Morgan fingerprint density at radius 1 is 1.10 bits per heavy atom. The molecule has 0 fully saturated rings. The SMILES string of the molecule is O=C(O)c1cccc(F)c1NS(=O)(=O)Cc1ccccc1. The molecule has 110 valence electrons. The highest BCUT2D eigenvalue weighted by atomic mass is 32.2. The van der Waals surface area contributed by atoms with Crippen molar-refractivity contribution >= 4 is 21.7 Å². The Kier molecular flexibility index (Phi) is 4.23. The maximum Gasteiger partial charge on any atom is 0.337 e. The van der Waals surface area contributed by atoms with Crippen LogP contribution in [0.4, 0.5) is 10.1 Å². The van der Waals surface area contributed by atoms with E-state index in [9.17, 15) is 17.6 Å². The van der Waals surface area contributed by atoms with E-state index in [1.165, 1.54) is 6.07 Å². The number of carbonyl (C=O) groups is 1. The number of carboxylic acids is 1. The summed E-state index contributed by atoms with van der Waals surface area (Å²) < 4.78 is 39.7. The number of para-hydroxylation sites is 1. The predicted octanol–water partition coefficient (Wildman–Crippen LogP) is 2.47. The molecule has 2 rings (SSSR count). The molecule has 0 saturated carbocycles. The summed E-state index contributed by atoms with van der Waals surface area (Å²) in [6, 6.07) is 11.6. The normalized spacial score (nSPS) is 11.1. The Morgan fingerprint density at radius 3 is 2.38 bits per heavy atom. The Balaban J connectivity index is 2.31. The molecule has 0 saturated heterocycles. The molecule has 7 heteroatoms. The van der Waals surface area contributed by atoms with Crippen molar-refractivity contribution < 1.29 is 22.7 Å². The van der Waals surface area contributed by atoms with E-state index in [1.807, 2.05) is 4.72 Å². The monoisotopic (exact) mass is 309 g/mol. The minimum Gasteiger partial charge on any atom is -0.478 e. The van der Waals surface area contributed by atoms with Gasteiger partial charge < -0.3 is 5.11 Å². The number of hydrogen-bond acceptors (Lipinski definition) is 3. The van der Waals surface area contributed by atoms with Crippen LogP contribution >= 0.6 is 0 Å². The summed E-state index contributed by atoms with van der Waals surface area (Å²) in [6.07, 6.45) is 0. The second-order valence-electron chi connectivity index (χ2n) is 4.31. The number of anilines is 1. The summed E-state index contributed by atoms with van der Waals surface area (Å²) in [5.74, 6) is -2.72. The van der Waals surface area contributed by atoms with Crippen molar-refractivity contribution in [2.45, 2.75) is 5.75 Å². The van der Waals surface area contributed by atoms with Gasteiger partial charge in [-0.1, -0.05) is 36.4 Å². The first-order valence-electron chi connectivity index (χ1n) is 5.95. The van der Waals surface area contributed by atoms with Crippen LogP contribution in [0.15, 0.2) is 48.5 Å². The molecule has 0 heterocycles. The molecule has 21 heavy (non-hydrogen) atoms. The third kappa shape index (κ3) is 3.79. The molecule has 0 amide bonds. The van der Waals surface area contributed by atoms with Crippen LogP contribution < -0.4 is 4.72 Å². The second-order valence-corrected chi connectivity index (χ2v) is 6.04. The fourth-order valence-electron chi connectivity index (χ4n) is 1.79. The highest BCUT2D eigenvalue weighted by Crippen LogP contribution is 2.22. The number of carboxylic acid groups (broad SMARTS) is 1. The van der Waals surface area contributed by atoms with Crippen LogP contribution in [0, 0.1) is 5.82 Å². The Labute approximate surface area is 121 Å². The lowest BCUT2D eigenvalue weighted by Gasteiger charge is -2.11. The van der Waals surface area contributed by atoms with E-state index < -0.39 is 33.1 Å². The zero-order chi connectivity index (χ0) is 15.5. The first-order valence-corrected chi connectivity index (χ1v) is 7.60. The molecule has 0 radical (unpaired) electrons. The molecule has 0 aliphatic carbocycles. The van der Waals surface area contributed by atoms with E-state index in [0.29, 0.717) is 5.56 Å². The summed E-state index contributed by atoms with van der Waals surface area (Å²) in [4.78, 5) is 11.0. The number of hydrogen-bond donors (Lipinski definition) is 2. The Morgan fingerprint density at radius 2 is 1.76 bits per heavy atom. The van der Waals surface area contributed by atoms with Gasteiger partial charge in [0.05, 0.1) is 17.0 Å². The molecule has 0 atom stereocenters. The maximum absolute atomic E-state index is 13.7. The van der Waals surface area contributed by atoms with Crippen LogP contribution in [0.2, 0.25) is 0 Å². The summed E-state index contributed by atoms with van der Waals surface area (Å²) >= 11 is 0. The lowest BCUT2D eigenvalue weighted by atomic mass is 10.2. The van der Waals surface area contributed by atoms with Gasteiger partial charge >= 0.3 is 5.97 Å². The summed E-state index contributed by atoms with van der Waals surface area (Å²) in [7, 11) is -3.92. The lowest BCUT2D eigenvalue weighted by molar-refractivity contribution is 0.0697. The summed E-state index contributed by atoms with van der Waals surface area (Å²) in [5.41, 5.74) is -0.481. The molecule has 2 aromatic rings. The third-order valence-corrected chi connectivity index (χ3v) is 3.93. The summed E-state index contributed by atoms with van der Waals surface area (Å²) in [5, 5.41) is 8.98. The Hall–Kier alpha value is -2.41. The van der Waals surface area contributed by atoms with Gasteiger partial charge in [-0.15, -0.1) is 0 Å². The number of benzene rings is 2. The Bertz CT molecular complexity index is 760. The van der Waals surface area contributed by atoms with Gasteiger partial charge in [0.2, 0.25) is 10.0 Å². The minimum atomic E-state index is -3.92. The second kappa shape index (κ2) is 5.92. The topological polar surface area (TPSA) is 83.5 Å².